The Balaban J connectivity index is 0.835. The molecule has 10 rings (SSSR count). The van der Waals surface area contributed by atoms with Crippen molar-refractivity contribution in [2.75, 3.05) is 30.1 Å². The summed E-state index contributed by atoms with van der Waals surface area (Å²) in [6, 6.07) is 68.1. The summed E-state index contributed by atoms with van der Waals surface area (Å²) < 4.78 is 10.3. The number of nitrogens with zero attached hydrogens (tertiary/aromatic N) is 4. The molecule has 10 heteroatoms. The van der Waals surface area contributed by atoms with Crippen molar-refractivity contribution in [2.24, 2.45) is 0 Å². The van der Waals surface area contributed by atoms with Crippen LogP contribution in [-0.2, 0) is 31.9 Å². The number of pyridine rings is 2. The monoisotopic (exact) mass is 1010 g/mol. The first kappa shape index (κ1) is 49.3. The summed E-state index contributed by atoms with van der Waals surface area (Å²) in [4.78, 5) is 40.6. The van der Waals surface area contributed by atoms with E-state index in [0.717, 1.165) is 85.3 Å². The maximum atomic E-state index is 12.3. The fraction of sp³-hybridized carbons (Fsp3) is 0.125. The summed E-state index contributed by atoms with van der Waals surface area (Å²) in [5.74, 6) is -0.0326. The molecular formula is C64H54N4O4S2. The van der Waals surface area contributed by atoms with Crippen LogP contribution in [0.1, 0.15) is 30.9 Å². The second kappa shape index (κ2) is 23.5. The number of benzene rings is 6. The second-order valence-electron chi connectivity index (χ2n) is 17.9. The number of carbonyl (C=O) groups is 2. The van der Waals surface area contributed by atoms with Crippen LogP contribution in [0.25, 0.3) is 54.5 Å². The lowest BCUT2D eigenvalue weighted by atomic mass is 10.0. The normalized spacial score (nSPS) is 11.1. The molecule has 4 aromatic heterocycles. The molecule has 0 amide bonds. The number of methoxy groups -OCH3 is 1. The van der Waals surface area contributed by atoms with E-state index in [1.165, 1.54) is 20.9 Å². The molecule has 0 aliphatic rings. The van der Waals surface area contributed by atoms with Gasteiger partial charge in [-0.05, 0) is 161 Å². The molecule has 0 saturated carbocycles. The summed E-state index contributed by atoms with van der Waals surface area (Å²) >= 11 is 3.46. The van der Waals surface area contributed by atoms with Crippen LogP contribution >= 0.6 is 22.7 Å². The van der Waals surface area contributed by atoms with Crippen LogP contribution in [0.4, 0.5) is 34.1 Å². The van der Waals surface area contributed by atoms with Gasteiger partial charge in [-0.15, -0.1) is 22.7 Å². The average molecular weight is 1010 g/mol. The minimum atomic E-state index is -0.229. The fourth-order valence-electron chi connectivity index (χ4n) is 8.87. The zero-order valence-electron chi connectivity index (χ0n) is 41.3. The Morgan fingerprint density at radius 2 is 0.797 bits per heavy atom. The van der Waals surface area contributed by atoms with Crippen LogP contribution < -0.4 is 9.80 Å². The number of ketones is 1. The minimum Gasteiger partial charge on any atom is -0.463 e. The van der Waals surface area contributed by atoms with Crippen molar-refractivity contribution in [3.63, 3.8) is 0 Å². The van der Waals surface area contributed by atoms with Crippen LogP contribution in [0.15, 0.2) is 217 Å². The number of ether oxygens (including phenoxy) is 2. The topological polar surface area (TPSA) is 84.9 Å². The van der Waals surface area contributed by atoms with E-state index < -0.39 is 0 Å². The maximum absolute atomic E-state index is 12.3. The van der Waals surface area contributed by atoms with Gasteiger partial charge in [-0.3, -0.25) is 14.8 Å². The van der Waals surface area contributed by atoms with Crippen molar-refractivity contribution in [3.8, 4) is 54.5 Å². The van der Waals surface area contributed by atoms with E-state index in [1.807, 2.05) is 24.5 Å². The van der Waals surface area contributed by atoms with Gasteiger partial charge in [-0.25, -0.2) is 0 Å². The van der Waals surface area contributed by atoms with Gasteiger partial charge in [0.05, 0.1) is 18.0 Å². The molecule has 0 bridgehead atoms. The SMILES string of the molecule is COCCOC(=O)CCc1ccc(N(c2ccc(-c3ccc(-c4ccc(-c5ccc(N(c6ccc(CCC(C)=O)cc6)c6ccc(-c7cccs7)cc6)cc5)cn4)nc3)cc2)c2ccc(-c3cccs3)cc2)cc1. The number of Topliss-reactive ketones (excluding diaryl/α,β-unsaturated/α-hetero) is 1. The molecule has 10 aromatic rings. The van der Waals surface area contributed by atoms with Crippen molar-refractivity contribution >= 4 is 68.6 Å². The summed E-state index contributed by atoms with van der Waals surface area (Å²) in [5.41, 5.74) is 16.5. The van der Waals surface area contributed by atoms with Gasteiger partial charge in [0, 0.05) is 87.4 Å². The maximum Gasteiger partial charge on any atom is 0.306 e. The Labute approximate surface area is 440 Å². The largest absolute Gasteiger partial charge is 0.463 e. The molecule has 0 radical (unpaired) electrons. The quantitative estimate of drug-likeness (QED) is 0.0551. The van der Waals surface area contributed by atoms with Gasteiger partial charge in [0.25, 0.3) is 0 Å². The molecule has 6 aromatic carbocycles. The van der Waals surface area contributed by atoms with Gasteiger partial charge >= 0.3 is 5.97 Å². The Hall–Kier alpha value is -8.28. The summed E-state index contributed by atoms with van der Waals surface area (Å²) in [6.45, 7) is 2.29. The van der Waals surface area contributed by atoms with Gasteiger partial charge in [-0.1, -0.05) is 97.1 Å². The first-order chi connectivity index (χ1) is 36.3. The molecule has 0 N–H and O–H groups in total. The number of rotatable bonds is 20. The first-order valence-electron chi connectivity index (χ1n) is 24.7. The molecule has 0 atom stereocenters. The highest BCUT2D eigenvalue weighted by molar-refractivity contribution is 7.13. The number of hydrogen-bond donors (Lipinski definition) is 0. The molecule has 8 nitrogen and oxygen atoms in total. The van der Waals surface area contributed by atoms with Crippen LogP contribution in [0, 0.1) is 0 Å². The van der Waals surface area contributed by atoms with Crippen LogP contribution in [0.2, 0.25) is 0 Å². The number of anilines is 6. The number of hydrogen-bond acceptors (Lipinski definition) is 10. The molecule has 0 aliphatic carbocycles. The predicted molar refractivity (Wildman–Crippen MR) is 304 cm³/mol. The van der Waals surface area contributed by atoms with Crippen molar-refractivity contribution in [1.82, 2.24) is 9.97 Å². The molecular weight excluding hydrogens is 953 g/mol. The Morgan fingerprint density at radius 3 is 1.14 bits per heavy atom. The Bertz CT molecular complexity index is 3380. The lowest BCUT2D eigenvalue weighted by Gasteiger charge is -2.26. The van der Waals surface area contributed by atoms with Crippen molar-refractivity contribution in [3.05, 3.63) is 228 Å². The molecule has 366 valence electrons. The number of carbonyl (C=O) groups excluding carboxylic acids is 2. The van der Waals surface area contributed by atoms with Crippen molar-refractivity contribution in [2.45, 2.75) is 32.6 Å². The van der Waals surface area contributed by atoms with Gasteiger partial charge in [0.15, 0.2) is 0 Å². The van der Waals surface area contributed by atoms with E-state index in [9.17, 15) is 9.59 Å². The summed E-state index contributed by atoms with van der Waals surface area (Å²) in [6.07, 6.45) is 6.00. The predicted octanol–water partition coefficient (Wildman–Crippen LogP) is 16.5. The second-order valence-corrected chi connectivity index (χ2v) is 19.8. The van der Waals surface area contributed by atoms with Gasteiger partial charge in [0.1, 0.15) is 12.4 Å². The minimum absolute atomic E-state index is 0.197. The first-order valence-corrected chi connectivity index (χ1v) is 26.4. The smallest absolute Gasteiger partial charge is 0.306 e. The number of aromatic nitrogens is 2. The van der Waals surface area contributed by atoms with Crippen LogP contribution in [0.5, 0.6) is 0 Å². The zero-order valence-corrected chi connectivity index (χ0v) is 42.9. The number of aryl methyl sites for hydroxylation is 2. The van der Waals surface area contributed by atoms with Gasteiger partial charge < -0.3 is 24.1 Å². The average Bonchev–Trinajstić information content (AvgIpc) is 4.21. The third-order valence-corrected chi connectivity index (χ3v) is 14.7. The molecule has 0 fully saturated rings. The fourth-order valence-corrected chi connectivity index (χ4v) is 10.3. The lowest BCUT2D eigenvalue weighted by Crippen LogP contribution is -2.11. The van der Waals surface area contributed by atoms with E-state index in [2.05, 4.69) is 203 Å². The molecule has 0 unspecified atom stereocenters. The molecule has 0 aliphatic heterocycles. The molecule has 74 heavy (non-hydrogen) atoms. The Kier molecular flexibility index (Phi) is 15.7. The number of thiophene rings is 2. The third-order valence-electron chi connectivity index (χ3n) is 12.9. The van der Waals surface area contributed by atoms with Crippen LogP contribution in [-0.4, -0.2) is 42.0 Å². The van der Waals surface area contributed by atoms with Crippen molar-refractivity contribution in [1.29, 1.82) is 0 Å². The van der Waals surface area contributed by atoms with Gasteiger partial charge in [0.2, 0.25) is 0 Å². The van der Waals surface area contributed by atoms with Crippen LogP contribution in [0.3, 0.4) is 0 Å². The van der Waals surface area contributed by atoms with Crippen molar-refractivity contribution < 1.29 is 19.1 Å². The highest BCUT2D eigenvalue weighted by Crippen LogP contribution is 2.40. The highest BCUT2D eigenvalue weighted by Gasteiger charge is 2.17. The van der Waals surface area contributed by atoms with E-state index in [4.69, 9.17) is 19.4 Å². The summed E-state index contributed by atoms with van der Waals surface area (Å²) in [7, 11) is 1.59. The molecule has 4 heterocycles. The lowest BCUT2D eigenvalue weighted by molar-refractivity contribution is -0.144. The highest BCUT2D eigenvalue weighted by atomic mass is 32.1. The Morgan fingerprint density at radius 1 is 0.432 bits per heavy atom. The summed E-state index contributed by atoms with van der Waals surface area (Å²) in [5, 5.41) is 4.20. The van der Waals surface area contributed by atoms with E-state index >= 15 is 0 Å². The van der Waals surface area contributed by atoms with Gasteiger partial charge in [-0.2, -0.15) is 0 Å². The van der Waals surface area contributed by atoms with E-state index in [1.54, 1.807) is 36.7 Å². The van der Waals surface area contributed by atoms with E-state index in [-0.39, 0.29) is 18.4 Å². The van der Waals surface area contributed by atoms with E-state index in [0.29, 0.717) is 25.9 Å². The molecule has 0 saturated heterocycles. The molecule has 0 spiro atoms. The third kappa shape index (κ3) is 12.0. The standard InChI is InChI=1S/C64H54N4O4S2/c1-45(69)7-8-46-9-24-54(25-10-46)67(58-32-18-50(19-33-58)62-5-3-41-73-62)56-28-14-48(15-29-56)52-22-36-60(65-43-52)61-37-23-53(44-66-61)49-16-30-57(31-17-49)68(59-34-20-51(21-35-59)63-6-4-42-74-63)55-26-11-47(12-27-55)13-38-64(70)72-40-39-71-2/h3-6,9-12,14-37,41-44H,7-8,13,38-40H2,1-2H3. The number of esters is 1. The zero-order chi connectivity index (χ0) is 50.6.